The Hall–Kier alpha value is -3.92. The summed E-state index contributed by atoms with van der Waals surface area (Å²) in [6.07, 6.45) is 9.87. The van der Waals surface area contributed by atoms with Gasteiger partial charge in [0.1, 0.15) is 11.4 Å². The Labute approximate surface area is 245 Å². The maximum Gasteiger partial charge on any atom is 0.160 e. The van der Waals surface area contributed by atoms with Crippen molar-refractivity contribution in [2.75, 3.05) is 32.2 Å². The van der Waals surface area contributed by atoms with Gasteiger partial charge in [-0.15, -0.1) is 0 Å². The Kier molecular flexibility index (Phi) is 7.54. The molecule has 2 aliphatic heterocycles. The number of nitrogens with one attached hydrogen (secondary N) is 2. The van der Waals surface area contributed by atoms with Crippen LogP contribution in [0.2, 0.25) is 0 Å². The quantitative estimate of drug-likeness (QED) is 0.266. The molecule has 1 aliphatic carbocycles. The number of hydroxylamine groups is 1. The Morgan fingerprint density at radius 1 is 1.02 bits per heavy atom. The molecule has 2 fully saturated rings. The van der Waals surface area contributed by atoms with Crippen LogP contribution in [-0.4, -0.2) is 53.3 Å². The van der Waals surface area contributed by atoms with Crippen LogP contribution in [0.4, 0.5) is 5.69 Å². The normalized spacial score (nSPS) is 22.1. The summed E-state index contributed by atoms with van der Waals surface area (Å²) in [6, 6.07) is 18.7. The molecule has 7 rings (SSSR count). The van der Waals surface area contributed by atoms with Crippen molar-refractivity contribution in [3.63, 3.8) is 0 Å². The van der Waals surface area contributed by atoms with Gasteiger partial charge in [-0.25, -0.2) is 9.67 Å². The maximum atomic E-state index is 6.19. The highest BCUT2D eigenvalue weighted by Crippen LogP contribution is 2.47. The van der Waals surface area contributed by atoms with Crippen LogP contribution in [0.3, 0.4) is 0 Å². The molecule has 2 aromatic carbocycles. The van der Waals surface area contributed by atoms with Gasteiger partial charge in [-0.2, -0.15) is 5.10 Å². The SMILES string of the molecule is COc1ccc(Cn2ncc3c(NC4CCOCC4)c(C4=CC5(CC(COCc6ccccc6)C5)ON4)cnc32)cc1. The van der Waals surface area contributed by atoms with E-state index in [1.54, 1.807) is 7.11 Å². The van der Waals surface area contributed by atoms with E-state index < -0.39 is 0 Å². The Balaban J connectivity index is 1.10. The van der Waals surface area contributed by atoms with Crippen molar-refractivity contribution in [2.24, 2.45) is 5.92 Å². The third kappa shape index (κ3) is 5.60. The minimum Gasteiger partial charge on any atom is -0.497 e. The van der Waals surface area contributed by atoms with Gasteiger partial charge in [-0.05, 0) is 60.9 Å². The van der Waals surface area contributed by atoms with Crippen LogP contribution in [0.15, 0.2) is 73.1 Å². The summed E-state index contributed by atoms with van der Waals surface area (Å²) in [5.41, 5.74) is 9.10. The zero-order valence-electron chi connectivity index (χ0n) is 23.9. The molecule has 1 saturated heterocycles. The first-order valence-corrected chi connectivity index (χ1v) is 14.8. The number of anilines is 1. The van der Waals surface area contributed by atoms with Crippen molar-refractivity contribution < 1.29 is 19.0 Å². The number of nitrogens with zero attached hydrogens (tertiary/aromatic N) is 3. The molecule has 3 aliphatic rings. The molecule has 0 atom stereocenters. The predicted octanol–water partition coefficient (Wildman–Crippen LogP) is 5.32. The van der Waals surface area contributed by atoms with Gasteiger partial charge in [-0.3, -0.25) is 10.3 Å². The van der Waals surface area contributed by atoms with Crippen LogP contribution in [0, 0.1) is 5.92 Å². The molecule has 0 unspecified atom stereocenters. The number of methoxy groups -OCH3 is 1. The molecule has 0 bridgehead atoms. The van der Waals surface area contributed by atoms with E-state index in [-0.39, 0.29) is 5.60 Å². The van der Waals surface area contributed by atoms with E-state index in [1.807, 2.05) is 47.4 Å². The maximum absolute atomic E-state index is 6.19. The highest BCUT2D eigenvalue weighted by Gasteiger charge is 2.48. The zero-order valence-corrected chi connectivity index (χ0v) is 23.9. The fraction of sp³-hybridized carbons (Fsp3) is 0.394. The monoisotopic (exact) mass is 567 g/mol. The van der Waals surface area contributed by atoms with Crippen LogP contribution in [0.1, 0.15) is 42.4 Å². The fourth-order valence-corrected chi connectivity index (χ4v) is 6.22. The van der Waals surface area contributed by atoms with E-state index in [1.165, 1.54) is 5.56 Å². The van der Waals surface area contributed by atoms with Gasteiger partial charge in [0.15, 0.2) is 5.65 Å². The van der Waals surface area contributed by atoms with E-state index in [0.717, 1.165) is 84.8 Å². The Bertz CT molecular complexity index is 1540. The number of benzene rings is 2. The summed E-state index contributed by atoms with van der Waals surface area (Å²) in [7, 11) is 1.68. The summed E-state index contributed by atoms with van der Waals surface area (Å²) in [5, 5.41) is 9.57. The minimum absolute atomic E-state index is 0.306. The molecule has 1 spiro atoms. The van der Waals surface area contributed by atoms with E-state index in [2.05, 4.69) is 41.1 Å². The van der Waals surface area contributed by atoms with Gasteiger partial charge in [-0.1, -0.05) is 42.5 Å². The van der Waals surface area contributed by atoms with Crippen LogP contribution < -0.4 is 15.5 Å². The van der Waals surface area contributed by atoms with Crippen molar-refractivity contribution in [1.82, 2.24) is 20.2 Å². The second-order valence-corrected chi connectivity index (χ2v) is 11.6. The first-order valence-electron chi connectivity index (χ1n) is 14.8. The third-order valence-corrected chi connectivity index (χ3v) is 8.52. The van der Waals surface area contributed by atoms with Gasteiger partial charge in [0.2, 0.25) is 0 Å². The Morgan fingerprint density at radius 2 is 1.83 bits per heavy atom. The molecule has 2 aromatic heterocycles. The van der Waals surface area contributed by atoms with Gasteiger partial charge < -0.3 is 19.5 Å². The van der Waals surface area contributed by atoms with Gasteiger partial charge in [0.05, 0.1) is 49.8 Å². The molecule has 42 heavy (non-hydrogen) atoms. The van der Waals surface area contributed by atoms with Gasteiger partial charge >= 0.3 is 0 Å². The first kappa shape index (κ1) is 26.9. The van der Waals surface area contributed by atoms with Gasteiger partial charge in [0, 0.05) is 31.0 Å². The summed E-state index contributed by atoms with van der Waals surface area (Å²) < 4.78 is 18.9. The third-order valence-electron chi connectivity index (χ3n) is 8.52. The average Bonchev–Trinajstić information content (AvgIpc) is 3.64. The van der Waals surface area contributed by atoms with Gasteiger partial charge in [0.25, 0.3) is 0 Å². The number of pyridine rings is 1. The lowest BCUT2D eigenvalue weighted by molar-refractivity contribution is -0.125. The largest absolute Gasteiger partial charge is 0.497 e. The van der Waals surface area contributed by atoms with E-state index in [0.29, 0.717) is 25.1 Å². The molecular weight excluding hydrogens is 530 g/mol. The van der Waals surface area contributed by atoms with E-state index in [4.69, 9.17) is 29.1 Å². The Morgan fingerprint density at radius 3 is 2.62 bits per heavy atom. The first-order chi connectivity index (χ1) is 20.7. The summed E-state index contributed by atoms with van der Waals surface area (Å²) >= 11 is 0. The molecule has 4 heterocycles. The molecule has 218 valence electrons. The lowest BCUT2D eigenvalue weighted by Gasteiger charge is -2.41. The average molecular weight is 568 g/mol. The van der Waals surface area contributed by atoms with Crippen molar-refractivity contribution in [3.05, 3.63) is 89.8 Å². The standard InChI is InChI=1S/C33H37N5O4/c1-39-27-9-7-23(8-10-27)20-38-32-29(19-35-38)31(36-26-11-13-40-14-12-26)28(18-34-32)30-17-33(42-37-30)15-25(16-33)22-41-21-24-5-3-2-4-6-24/h2-10,17-19,25-26,37H,11-16,20-22H2,1H3,(H,34,36). The molecule has 4 aromatic rings. The molecule has 9 nitrogen and oxygen atoms in total. The van der Waals surface area contributed by atoms with Crippen molar-refractivity contribution >= 4 is 22.4 Å². The lowest BCUT2D eigenvalue weighted by atomic mass is 9.71. The fourth-order valence-electron chi connectivity index (χ4n) is 6.22. The zero-order chi connectivity index (χ0) is 28.4. The van der Waals surface area contributed by atoms with Crippen molar-refractivity contribution in [2.45, 2.75) is 50.5 Å². The van der Waals surface area contributed by atoms with Crippen LogP contribution in [0.5, 0.6) is 5.75 Å². The second-order valence-electron chi connectivity index (χ2n) is 11.6. The molecule has 0 radical (unpaired) electrons. The second kappa shape index (κ2) is 11.8. The number of rotatable bonds is 10. The molecule has 0 amide bonds. The highest BCUT2D eigenvalue weighted by atomic mass is 16.7. The summed E-state index contributed by atoms with van der Waals surface area (Å²) in [6.45, 7) is 3.53. The predicted molar refractivity (Wildman–Crippen MR) is 161 cm³/mol. The van der Waals surface area contributed by atoms with Crippen LogP contribution in [0.25, 0.3) is 16.7 Å². The molecular formula is C33H37N5O4. The highest BCUT2D eigenvalue weighted by molar-refractivity contribution is 5.96. The summed E-state index contributed by atoms with van der Waals surface area (Å²) in [5.74, 6) is 1.31. The van der Waals surface area contributed by atoms with E-state index >= 15 is 0 Å². The topological polar surface area (TPSA) is 91.7 Å². The minimum atomic E-state index is -0.306. The lowest BCUT2D eigenvalue weighted by Crippen LogP contribution is -2.45. The van der Waals surface area contributed by atoms with Crippen molar-refractivity contribution in [3.8, 4) is 5.75 Å². The number of hydrogen-bond donors (Lipinski definition) is 2. The number of hydrogen-bond acceptors (Lipinski definition) is 8. The molecule has 1 saturated carbocycles. The van der Waals surface area contributed by atoms with Crippen molar-refractivity contribution in [1.29, 1.82) is 0 Å². The number of fused-ring (bicyclic) bond motifs is 1. The number of ether oxygens (including phenoxy) is 3. The molecule has 2 N–H and O–H groups in total. The number of aromatic nitrogens is 3. The van der Waals surface area contributed by atoms with Crippen LogP contribution in [-0.2, 0) is 27.5 Å². The summed E-state index contributed by atoms with van der Waals surface area (Å²) in [4.78, 5) is 11.1. The van der Waals surface area contributed by atoms with Crippen LogP contribution >= 0.6 is 0 Å². The molecule has 9 heteroatoms. The smallest absolute Gasteiger partial charge is 0.160 e. The van der Waals surface area contributed by atoms with E-state index in [9.17, 15) is 0 Å².